The molecule has 4 rings (SSSR count). The molecule has 1 aliphatic carbocycles. The van der Waals surface area contributed by atoms with Gasteiger partial charge in [-0.1, -0.05) is 54.3 Å². The van der Waals surface area contributed by atoms with E-state index in [-0.39, 0.29) is 5.56 Å². The van der Waals surface area contributed by atoms with Crippen LogP contribution in [-0.4, -0.2) is 29.9 Å². The van der Waals surface area contributed by atoms with Crippen molar-refractivity contribution in [1.29, 1.82) is 0 Å². The molecule has 150 valence electrons. The first kappa shape index (κ1) is 19.9. The van der Waals surface area contributed by atoms with Crippen molar-refractivity contribution in [2.45, 2.75) is 18.9 Å². The highest BCUT2D eigenvalue weighted by Gasteiger charge is 2.37. The lowest BCUT2D eigenvalue weighted by Gasteiger charge is -2.27. The van der Waals surface area contributed by atoms with Gasteiger partial charge in [-0.2, -0.15) is 0 Å². The molecule has 0 aliphatic heterocycles. The summed E-state index contributed by atoms with van der Waals surface area (Å²) in [5.74, 6) is 5.42. The SMILES string of the molecule is CS(=O)(=O)N(C(=O)c1cncc(C#Cc2ccccc2)c1)C1CCc2ccccc21. The zero-order valence-corrected chi connectivity index (χ0v) is 17.3. The number of aromatic nitrogens is 1. The highest BCUT2D eigenvalue weighted by Crippen LogP contribution is 2.37. The number of hydrogen-bond donors (Lipinski definition) is 0. The third-order valence-corrected chi connectivity index (χ3v) is 6.19. The van der Waals surface area contributed by atoms with E-state index in [0.29, 0.717) is 12.0 Å². The van der Waals surface area contributed by atoms with E-state index in [0.717, 1.165) is 33.7 Å². The standard InChI is InChI=1S/C24H20N2O3S/c1-30(28,29)26(23-14-13-20-9-5-6-10-22(20)23)24(27)21-15-19(16-25-17-21)12-11-18-7-3-2-4-8-18/h2-10,15-17,23H,13-14H2,1H3. The summed E-state index contributed by atoms with van der Waals surface area (Å²) in [5, 5.41) is 0. The fourth-order valence-electron chi connectivity index (χ4n) is 3.72. The predicted molar refractivity (Wildman–Crippen MR) is 115 cm³/mol. The van der Waals surface area contributed by atoms with Gasteiger partial charge in [-0.3, -0.25) is 9.78 Å². The first-order valence-corrected chi connectivity index (χ1v) is 11.4. The Morgan fingerprint density at radius 2 is 1.70 bits per heavy atom. The van der Waals surface area contributed by atoms with Crippen LogP contribution in [0.5, 0.6) is 0 Å². The molecule has 1 amide bonds. The molecular formula is C24H20N2O3S. The summed E-state index contributed by atoms with van der Waals surface area (Å²) >= 11 is 0. The Kier molecular flexibility index (Phi) is 5.39. The third-order valence-electron chi connectivity index (χ3n) is 5.05. The molecule has 3 aromatic rings. The van der Waals surface area contributed by atoms with Crippen LogP contribution in [0.3, 0.4) is 0 Å². The minimum absolute atomic E-state index is 0.199. The van der Waals surface area contributed by atoms with Crippen LogP contribution in [-0.2, 0) is 16.4 Å². The maximum absolute atomic E-state index is 13.3. The average molecular weight is 417 g/mol. The van der Waals surface area contributed by atoms with Crippen molar-refractivity contribution in [3.63, 3.8) is 0 Å². The van der Waals surface area contributed by atoms with E-state index in [1.807, 2.05) is 54.6 Å². The second-order valence-corrected chi connectivity index (χ2v) is 9.06. The van der Waals surface area contributed by atoms with E-state index in [4.69, 9.17) is 0 Å². The second-order valence-electron chi connectivity index (χ2n) is 7.20. The van der Waals surface area contributed by atoms with Gasteiger partial charge in [0.1, 0.15) is 0 Å². The highest BCUT2D eigenvalue weighted by molar-refractivity contribution is 7.88. The van der Waals surface area contributed by atoms with Crippen LogP contribution in [0.1, 0.15) is 45.1 Å². The van der Waals surface area contributed by atoms with Crippen LogP contribution >= 0.6 is 0 Å². The molecule has 1 unspecified atom stereocenters. The van der Waals surface area contributed by atoms with Crippen LogP contribution in [0.2, 0.25) is 0 Å². The maximum Gasteiger partial charge on any atom is 0.269 e. The van der Waals surface area contributed by atoms with Gasteiger partial charge in [0.05, 0.1) is 17.9 Å². The van der Waals surface area contributed by atoms with Crippen molar-refractivity contribution in [3.05, 3.63) is 101 Å². The molecule has 0 fully saturated rings. The Labute approximate surface area is 176 Å². The molecule has 30 heavy (non-hydrogen) atoms. The first-order valence-electron chi connectivity index (χ1n) is 9.57. The largest absolute Gasteiger partial charge is 0.269 e. The van der Waals surface area contributed by atoms with Gasteiger partial charge < -0.3 is 0 Å². The van der Waals surface area contributed by atoms with Crippen LogP contribution in [0.15, 0.2) is 73.1 Å². The minimum atomic E-state index is -3.79. The Hall–Kier alpha value is -3.43. The first-order chi connectivity index (χ1) is 14.4. The molecule has 0 N–H and O–H groups in total. The van der Waals surface area contributed by atoms with Gasteiger partial charge in [-0.15, -0.1) is 0 Å². The molecule has 2 aromatic carbocycles. The van der Waals surface area contributed by atoms with Gasteiger partial charge in [0.25, 0.3) is 5.91 Å². The lowest BCUT2D eigenvalue weighted by atomic mass is 10.1. The Balaban J connectivity index is 1.68. The highest BCUT2D eigenvalue weighted by atomic mass is 32.2. The number of sulfonamides is 1. The number of pyridine rings is 1. The van der Waals surface area contributed by atoms with E-state index in [1.54, 1.807) is 12.3 Å². The van der Waals surface area contributed by atoms with Gasteiger partial charge in [-0.25, -0.2) is 12.7 Å². The Morgan fingerprint density at radius 3 is 2.47 bits per heavy atom. The van der Waals surface area contributed by atoms with Crippen molar-refractivity contribution >= 4 is 15.9 Å². The van der Waals surface area contributed by atoms with Crippen LogP contribution < -0.4 is 0 Å². The smallest absolute Gasteiger partial charge is 0.268 e. The summed E-state index contributed by atoms with van der Waals surface area (Å²) in [7, 11) is -3.79. The molecule has 1 aliphatic rings. The predicted octanol–water partition coefficient (Wildman–Crippen LogP) is 3.57. The second kappa shape index (κ2) is 8.13. The molecule has 5 nitrogen and oxygen atoms in total. The third kappa shape index (κ3) is 4.12. The van der Waals surface area contributed by atoms with Gasteiger partial charge >= 0.3 is 0 Å². The van der Waals surface area contributed by atoms with Crippen molar-refractivity contribution in [2.75, 3.05) is 6.26 Å². The summed E-state index contributed by atoms with van der Waals surface area (Å²) in [6.45, 7) is 0. The molecule has 1 heterocycles. The average Bonchev–Trinajstić information content (AvgIpc) is 3.16. The van der Waals surface area contributed by atoms with E-state index < -0.39 is 22.0 Å². The number of nitrogens with zero attached hydrogens (tertiary/aromatic N) is 2. The van der Waals surface area contributed by atoms with Crippen LogP contribution in [0.25, 0.3) is 0 Å². The normalized spacial score (nSPS) is 15.0. The number of hydrogen-bond acceptors (Lipinski definition) is 4. The van der Waals surface area contributed by atoms with Crippen molar-refractivity contribution in [3.8, 4) is 11.8 Å². The van der Waals surface area contributed by atoms with Gasteiger partial charge in [0.15, 0.2) is 0 Å². The van der Waals surface area contributed by atoms with Crippen LogP contribution in [0, 0.1) is 11.8 Å². The quantitative estimate of drug-likeness (QED) is 0.612. The number of rotatable bonds is 3. The van der Waals surface area contributed by atoms with Crippen molar-refractivity contribution in [1.82, 2.24) is 9.29 Å². The van der Waals surface area contributed by atoms with E-state index in [2.05, 4.69) is 16.8 Å². The number of amides is 1. The zero-order valence-electron chi connectivity index (χ0n) is 16.4. The number of fused-ring (bicyclic) bond motifs is 1. The lowest BCUT2D eigenvalue weighted by molar-refractivity contribution is 0.0820. The van der Waals surface area contributed by atoms with Crippen molar-refractivity contribution in [2.24, 2.45) is 0 Å². The molecule has 0 radical (unpaired) electrons. The minimum Gasteiger partial charge on any atom is -0.268 e. The Morgan fingerprint density at radius 1 is 1.00 bits per heavy atom. The van der Waals surface area contributed by atoms with E-state index in [9.17, 15) is 13.2 Å². The topological polar surface area (TPSA) is 67.3 Å². The summed E-state index contributed by atoms with van der Waals surface area (Å²) in [6.07, 6.45) is 5.32. The summed E-state index contributed by atoms with van der Waals surface area (Å²) in [6, 6.07) is 18.2. The summed E-state index contributed by atoms with van der Waals surface area (Å²) < 4.78 is 26.2. The fourth-order valence-corrected chi connectivity index (χ4v) is 4.81. The number of carbonyl (C=O) groups excluding carboxylic acids is 1. The maximum atomic E-state index is 13.3. The molecular weight excluding hydrogens is 396 g/mol. The lowest BCUT2D eigenvalue weighted by Crippen LogP contribution is -2.38. The fraction of sp³-hybridized carbons (Fsp3) is 0.167. The molecule has 1 atom stereocenters. The zero-order chi connectivity index (χ0) is 21.1. The monoisotopic (exact) mass is 416 g/mol. The molecule has 0 saturated heterocycles. The summed E-state index contributed by atoms with van der Waals surface area (Å²) in [5.41, 5.74) is 3.54. The van der Waals surface area contributed by atoms with E-state index >= 15 is 0 Å². The molecule has 0 spiro atoms. The number of carbonyl (C=O) groups is 1. The number of benzene rings is 2. The molecule has 0 bridgehead atoms. The summed E-state index contributed by atoms with van der Waals surface area (Å²) in [4.78, 5) is 17.4. The van der Waals surface area contributed by atoms with Gasteiger partial charge in [0, 0.05) is 23.5 Å². The van der Waals surface area contributed by atoms with Crippen molar-refractivity contribution < 1.29 is 13.2 Å². The molecule has 1 aromatic heterocycles. The van der Waals surface area contributed by atoms with Crippen LogP contribution in [0.4, 0.5) is 0 Å². The molecule has 0 saturated carbocycles. The van der Waals surface area contributed by atoms with Gasteiger partial charge in [0.2, 0.25) is 10.0 Å². The van der Waals surface area contributed by atoms with Gasteiger partial charge in [-0.05, 0) is 42.2 Å². The Bertz CT molecular complexity index is 1260. The molecule has 6 heteroatoms. The number of aryl methyl sites for hydroxylation is 1. The van der Waals surface area contributed by atoms with E-state index in [1.165, 1.54) is 6.20 Å².